The van der Waals surface area contributed by atoms with E-state index in [1.165, 1.54) is 6.07 Å². The average molecular weight is 239 g/mol. The van der Waals surface area contributed by atoms with Crippen molar-refractivity contribution < 1.29 is 13.2 Å². The molecule has 6 heteroatoms. The zero-order valence-electron chi connectivity index (χ0n) is 7.77. The number of pyridine rings is 1. The summed E-state index contributed by atoms with van der Waals surface area (Å²) in [7, 11) is 0. The first-order valence-electron chi connectivity index (χ1n) is 4.34. The molecule has 1 aromatic rings. The molecule has 0 unspecified atom stereocenters. The molecule has 0 aliphatic carbocycles. The van der Waals surface area contributed by atoms with Gasteiger partial charge in [0.1, 0.15) is 5.69 Å². The lowest BCUT2D eigenvalue weighted by molar-refractivity contribution is -0.141. The number of aromatic nitrogens is 1. The second kappa shape index (κ2) is 4.37. The summed E-state index contributed by atoms with van der Waals surface area (Å²) in [6.07, 6.45) is -3.59. The summed E-state index contributed by atoms with van der Waals surface area (Å²) >= 11 is 0. The van der Waals surface area contributed by atoms with E-state index >= 15 is 0 Å². The molecule has 15 heavy (non-hydrogen) atoms. The Bertz CT molecular complexity index is 352. The maximum Gasteiger partial charge on any atom is 0.433 e. The van der Waals surface area contributed by atoms with Crippen LogP contribution in [0.4, 0.5) is 13.2 Å². The van der Waals surface area contributed by atoms with E-state index in [0.29, 0.717) is 12.2 Å². The van der Waals surface area contributed by atoms with Crippen LogP contribution < -0.4 is 5.32 Å². The van der Waals surface area contributed by atoms with Gasteiger partial charge in [-0.15, -0.1) is 12.4 Å². The Morgan fingerprint density at radius 2 is 2.00 bits per heavy atom. The van der Waals surface area contributed by atoms with Crippen LogP contribution in [0, 0.1) is 0 Å². The molecule has 0 aromatic carbocycles. The predicted molar refractivity (Wildman–Crippen MR) is 51.9 cm³/mol. The number of hydrogen-bond donors (Lipinski definition) is 1. The number of fused-ring (bicyclic) bond motifs is 1. The van der Waals surface area contributed by atoms with Crippen LogP contribution in [0.15, 0.2) is 12.1 Å². The van der Waals surface area contributed by atoms with E-state index in [4.69, 9.17) is 0 Å². The van der Waals surface area contributed by atoms with Crippen LogP contribution in [0.25, 0.3) is 0 Å². The third kappa shape index (κ3) is 2.60. The number of nitrogens with zero attached hydrogens (tertiary/aromatic N) is 1. The normalized spacial score (nSPS) is 15.4. The van der Waals surface area contributed by atoms with E-state index in [-0.39, 0.29) is 12.4 Å². The molecule has 0 radical (unpaired) electrons. The molecular weight excluding hydrogens is 229 g/mol. The molecule has 1 aliphatic rings. The number of rotatable bonds is 0. The Kier molecular flexibility index (Phi) is 3.57. The topological polar surface area (TPSA) is 24.9 Å². The Morgan fingerprint density at radius 3 is 2.67 bits per heavy atom. The molecule has 1 aliphatic heterocycles. The van der Waals surface area contributed by atoms with Gasteiger partial charge < -0.3 is 5.32 Å². The molecule has 0 bridgehead atoms. The Labute approximate surface area is 91.3 Å². The van der Waals surface area contributed by atoms with Crippen LogP contribution in [0.3, 0.4) is 0 Å². The lowest BCUT2D eigenvalue weighted by Gasteiger charge is -2.17. The van der Waals surface area contributed by atoms with Gasteiger partial charge in [-0.05, 0) is 24.6 Å². The van der Waals surface area contributed by atoms with Crippen molar-refractivity contribution in [1.29, 1.82) is 0 Å². The molecule has 84 valence electrons. The first-order valence-corrected chi connectivity index (χ1v) is 4.34. The largest absolute Gasteiger partial charge is 0.433 e. The van der Waals surface area contributed by atoms with Gasteiger partial charge in [0.25, 0.3) is 0 Å². The molecule has 0 saturated heterocycles. The van der Waals surface area contributed by atoms with Crippen LogP contribution in [0.5, 0.6) is 0 Å². The second-order valence-electron chi connectivity index (χ2n) is 3.23. The number of halogens is 4. The molecule has 0 amide bonds. The number of alkyl halides is 3. The third-order valence-electron chi connectivity index (χ3n) is 2.22. The van der Waals surface area contributed by atoms with Crippen LogP contribution in [-0.4, -0.2) is 11.5 Å². The van der Waals surface area contributed by atoms with E-state index in [2.05, 4.69) is 10.3 Å². The zero-order valence-corrected chi connectivity index (χ0v) is 8.58. The molecule has 2 heterocycles. The minimum atomic E-state index is -4.34. The van der Waals surface area contributed by atoms with Crippen LogP contribution in [0.1, 0.15) is 17.0 Å². The molecule has 1 aromatic heterocycles. The van der Waals surface area contributed by atoms with Crippen LogP contribution >= 0.6 is 12.4 Å². The SMILES string of the molecule is Cl.FC(F)(F)c1ccc2c(n1)CNCC2. The van der Waals surface area contributed by atoms with Crippen molar-refractivity contribution in [3.8, 4) is 0 Å². The van der Waals surface area contributed by atoms with E-state index in [1.54, 1.807) is 0 Å². The standard InChI is InChI=1S/C9H9F3N2.ClH/c10-9(11,12)8-2-1-6-3-4-13-5-7(6)14-8;/h1-2,13H,3-5H2;1H. The molecule has 1 N–H and O–H groups in total. The monoisotopic (exact) mass is 238 g/mol. The van der Waals surface area contributed by atoms with Gasteiger partial charge in [-0.25, -0.2) is 4.98 Å². The molecular formula is C9H10ClF3N2. The highest BCUT2D eigenvalue weighted by Crippen LogP contribution is 2.28. The summed E-state index contributed by atoms with van der Waals surface area (Å²) < 4.78 is 36.8. The predicted octanol–water partition coefficient (Wildman–Crippen LogP) is 2.17. The van der Waals surface area contributed by atoms with Gasteiger partial charge in [-0.2, -0.15) is 13.2 Å². The summed E-state index contributed by atoms with van der Waals surface area (Å²) in [5.41, 5.74) is 0.628. The maximum atomic E-state index is 12.3. The third-order valence-corrected chi connectivity index (χ3v) is 2.22. The van der Waals surface area contributed by atoms with Crippen molar-refractivity contribution in [3.05, 3.63) is 29.1 Å². The van der Waals surface area contributed by atoms with Crippen molar-refractivity contribution in [2.75, 3.05) is 6.54 Å². The average Bonchev–Trinajstić information content (AvgIpc) is 2.16. The van der Waals surface area contributed by atoms with Gasteiger partial charge in [0.05, 0.1) is 5.69 Å². The van der Waals surface area contributed by atoms with Gasteiger partial charge >= 0.3 is 6.18 Å². The molecule has 0 atom stereocenters. The second-order valence-corrected chi connectivity index (χ2v) is 3.23. The molecule has 2 rings (SSSR count). The summed E-state index contributed by atoms with van der Waals surface area (Å²) in [6, 6.07) is 2.57. The first-order chi connectivity index (χ1) is 6.57. The minimum Gasteiger partial charge on any atom is -0.311 e. The molecule has 0 fully saturated rings. The van der Waals surface area contributed by atoms with Crippen molar-refractivity contribution in [3.63, 3.8) is 0 Å². The maximum absolute atomic E-state index is 12.3. The van der Waals surface area contributed by atoms with Crippen molar-refractivity contribution in [1.82, 2.24) is 10.3 Å². The van der Waals surface area contributed by atoms with Crippen molar-refractivity contribution in [2.24, 2.45) is 0 Å². The lowest BCUT2D eigenvalue weighted by atomic mass is 10.1. The quantitative estimate of drug-likeness (QED) is 0.749. The zero-order chi connectivity index (χ0) is 10.2. The van der Waals surface area contributed by atoms with Gasteiger partial charge in [-0.1, -0.05) is 6.07 Å². The number of hydrogen-bond acceptors (Lipinski definition) is 2. The Balaban J connectivity index is 0.00000112. The van der Waals surface area contributed by atoms with Gasteiger partial charge in [-0.3, -0.25) is 0 Å². The Morgan fingerprint density at radius 1 is 1.27 bits per heavy atom. The molecule has 2 nitrogen and oxygen atoms in total. The molecule has 0 spiro atoms. The highest BCUT2D eigenvalue weighted by molar-refractivity contribution is 5.85. The minimum absolute atomic E-state index is 0. The fourth-order valence-corrected chi connectivity index (χ4v) is 1.50. The number of nitrogens with one attached hydrogen (secondary N) is 1. The van der Waals surface area contributed by atoms with Crippen LogP contribution in [0.2, 0.25) is 0 Å². The van der Waals surface area contributed by atoms with Crippen LogP contribution in [-0.2, 0) is 19.1 Å². The fourth-order valence-electron chi connectivity index (χ4n) is 1.50. The summed E-state index contributed by atoms with van der Waals surface area (Å²) in [5, 5.41) is 2.99. The van der Waals surface area contributed by atoms with E-state index < -0.39 is 11.9 Å². The summed E-state index contributed by atoms with van der Waals surface area (Å²) in [4.78, 5) is 3.60. The highest BCUT2D eigenvalue weighted by Gasteiger charge is 2.33. The van der Waals surface area contributed by atoms with E-state index in [0.717, 1.165) is 24.6 Å². The van der Waals surface area contributed by atoms with E-state index in [1.807, 2.05) is 0 Å². The fraction of sp³-hybridized carbons (Fsp3) is 0.444. The highest BCUT2D eigenvalue weighted by atomic mass is 35.5. The molecule has 0 saturated carbocycles. The first kappa shape index (κ1) is 12.3. The van der Waals surface area contributed by atoms with Gasteiger partial charge in [0.15, 0.2) is 0 Å². The Hall–Kier alpha value is -0.810. The van der Waals surface area contributed by atoms with E-state index in [9.17, 15) is 13.2 Å². The van der Waals surface area contributed by atoms with Gasteiger partial charge in [0.2, 0.25) is 0 Å². The van der Waals surface area contributed by atoms with Crippen molar-refractivity contribution >= 4 is 12.4 Å². The summed E-state index contributed by atoms with van der Waals surface area (Å²) in [6.45, 7) is 1.24. The lowest BCUT2D eigenvalue weighted by Crippen LogP contribution is -2.25. The smallest absolute Gasteiger partial charge is 0.311 e. The van der Waals surface area contributed by atoms with Crippen molar-refractivity contribution in [2.45, 2.75) is 19.1 Å². The van der Waals surface area contributed by atoms with Gasteiger partial charge in [0, 0.05) is 6.54 Å². The summed E-state index contributed by atoms with van der Waals surface area (Å²) in [5.74, 6) is 0.